The predicted octanol–water partition coefficient (Wildman–Crippen LogP) is 4.60. The van der Waals surface area contributed by atoms with Gasteiger partial charge in [-0.25, -0.2) is 14.8 Å². The lowest BCUT2D eigenvalue weighted by atomic mass is 10.1. The highest BCUT2D eigenvalue weighted by molar-refractivity contribution is 5.94. The van der Waals surface area contributed by atoms with E-state index >= 15 is 0 Å². The Hall–Kier alpha value is -4.38. The molecule has 0 bridgehead atoms. The fourth-order valence-corrected chi connectivity index (χ4v) is 5.42. The number of amides is 3. The van der Waals surface area contributed by atoms with Crippen LogP contribution in [0.1, 0.15) is 47.9 Å². The Morgan fingerprint density at radius 2 is 1.95 bits per heavy atom. The van der Waals surface area contributed by atoms with Crippen molar-refractivity contribution in [3.05, 3.63) is 72.1 Å². The first kappa shape index (κ1) is 27.8. The third kappa shape index (κ3) is 6.11. The van der Waals surface area contributed by atoms with Gasteiger partial charge in [0.05, 0.1) is 24.5 Å². The largest absolute Gasteiger partial charge is 0.378 e. The van der Waals surface area contributed by atoms with Gasteiger partial charge in [-0.2, -0.15) is 0 Å². The molecule has 1 aliphatic carbocycles. The second-order valence-electron chi connectivity index (χ2n) is 11.1. The number of hydrogen-bond donors (Lipinski definition) is 2. The Balaban J connectivity index is 1.20. The van der Waals surface area contributed by atoms with Crippen LogP contribution in [0.4, 0.5) is 22.0 Å². The van der Waals surface area contributed by atoms with Crippen molar-refractivity contribution in [2.45, 2.75) is 39.8 Å². The van der Waals surface area contributed by atoms with Crippen LogP contribution in [0.5, 0.6) is 0 Å². The van der Waals surface area contributed by atoms with Gasteiger partial charge in [0.2, 0.25) is 0 Å². The van der Waals surface area contributed by atoms with E-state index < -0.39 is 0 Å². The van der Waals surface area contributed by atoms with Crippen molar-refractivity contribution in [2.24, 2.45) is 5.92 Å². The van der Waals surface area contributed by atoms with Crippen molar-refractivity contribution in [3.63, 3.8) is 0 Å². The summed E-state index contributed by atoms with van der Waals surface area (Å²) in [5, 5.41) is 6.56. The summed E-state index contributed by atoms with van der Waals surface area (Å²) < 4.78 is 7.41. The molecule has 220 valence electrons. The number of rotatable bonds is 9. The minimum atomic E-state index is -0.0425. The number of carbonyl (C=O) groups excluding carboxylic acids is 2. The molecule has 4 heterocycles. The number of urea groups is 1. The van der Waals surface area contributed by atoms with Crippen LogP contribution in [0, 0.1) is 12.8 Å². The number of pyridine rings is 1. The molecule has 11 nitrogen and oxygen atoms in total. The average Bonchev–Trinajstić information content (AvgIpc) is 3.71. The summed E-state index contributed by atoms with van der Waals surface area (Å²) >= 11 is 0. The summed E-state index contributed by atoms with van der Waals surface area (Å²) in [6, 6.07) is 9.54. The molecular weight excluding hydrogens is 532 g/mol. The number of morpholine rings is 1. The van der Waals surface area contributed by atoms with Crippen LogP contribution < -0.4 is 15.5 Å². The highest BCUT2D eigenvalue weighted by atomic mass is 16.5. The maximum absolute atomic E-state index is 13.2. The summed E-state index contributed by atoms with van der Waals surface area (Å²) in [6.07, 6.45) is 10.7. The first-order valence-corrected chi connectivity index (χ1v) is 14.8. The van der Waals surface area contributed by atoms with Crippen molar-refractivity contribution in [1.29, 1.82) is 0 Å². The number of imidazole rings is 1. The molecule has 2 aliphatic heterocycles. The fourth-order valence-electron chi connectivity index (χ4n) is 5.42. The lowest BCUT2D eigenvalue weighted by molar-refractivity contribution is 0.0302. The van der Waals surface area contributed by atoms with Gasteiger partial charge < -0.3 is 34.6 Å². The van der Waals surface area contributed by atoms with Gasteiger partial charge in [-0.15, -0.1) is 0 Å². The van der Waals surface area contributed by atoms with Crippen LogP contribution >= 0.6 is 0 Å². The van der Waals surface area contributed by atoms with Gasteiger partial charge in [0.25, 0.3) is 5.91 Å². The first-order chi connectivity index (χ1) is 20.5. The first-order valence-electron chi connectivity index (χ1n) is 14.8. The van der Waals surface area contributed by atoms with E-state index in [1.807, 2.05) is 42.4 Å². The van der Waals surface area contributed by atoms with E-state index in [4.69, 9.17) is 4.74 Å². The number of fused-ring (bicyclic) bond motifs is 1. The summed E-state index contributed by atoms with van der Waals surface area (Å²) in [5.74, 6) is 2.00. The Labute approximate surface area is 246 Å². The molecule has 0 spiro atoms. The van der Waals surface area contributed by atoms with Crippen molar-refractivity contribution in [2.75, 3.05) is 54.9 Å². The van der Waals surface area contributed by atoms with Gasteiger partial charge in [-0.05, 0) is 61.9 Å². The zero-order chi connectivity index (χ0) is 29.1. The monoisotopic (exact) mass is 570 g/mol. The van der Waals surface area contributed by atoms with Crippen molar-refractivity contribution in [1.82, 2.24) is 24.3 Å². The molecule has 0 unspecified atom stereocenters. The zero-order valence-electron chi connectivity index (χ0n) is 24.3. The zero-order valence-corrected chi connectivity index (χ0v) is 24.3. The highest BCUT2D eigenvalue weighted by Gasteiger charge is 2.27. The van der Waals surface area contributed by atoms with Gasteiger partial charge in [-0.1, -0.05) is 13.0 Å². The second kappa shape index (κ2) is 12.2. The quantitative estimate of drug-likeness (QED) is 0.387. The molecule has 2 aromatic heterocycles. The number of aromatic nitrogens is 3. The number of hydrogen-bond acceptors (Lipinski definition) is 7. The van der Waals surface area contributed by atoms with E-state index in [0.29, 0.717) is 50.3 Å². The molecule has 3 aromatic rings. The third-order valence-corrected chi connectivity index (χ3v) is 7.93. The molecule has 1 aromatic carbocycles. The van der Waals surface area contributed by atoms with Crippen LogP contribution in [0.25, 0.3) is 5.70 Å². The van der Waals surface area contributed by atoms with Crippen molar-refractivity contribution >= 4 is 34.8 Å². The van der Waals surface area contributed by atoms with Crippen LogP contribution in [0.2, 0.25) is 0 Å². The summed E-state index contributed by atoms with van der Waals surface area (Å²) in [6.45, 7) is 8.58. The predicted molar refractivity (Wildman–Crippen MR) is 162 cm³/mol. The molecule has 0 atom stereocenters. The topological polar surface area (TPSA) is 108 Å². The molecule has 1 saturated carbocycles. The number of carbonyl (C=O) groups is 2. The van der Waals surface area contributed by atoms with E-state index in [-0.39, 0.29) is 11.9 Å². The van der Waals surface area contributed by atoms with Crippen LogP contribution in [-0.2, 0) is 11.4 Å². The SMILES string of the molecule is CCCN(CC1CC1)C(=O)Nc1cccc(N2C=C(Nc3ccc(C(=O)N4CCOCC4)cn3)c3nccn3C2)c1C. The Morgan fingerprint density at radius 1 is 1.12 bits per heavy atom. The van der Waals surface area contributed by atoms with E-state index in [9.17, 15) is 9.59 Å². The molecule has 0 radical (unpaired) electrons. The molecule has 1 saturated heterocycles. The molecule has 2 N–H and O–H groups in total. The maximum atomic E-state index is 13.2. The average molecular weight is 571 g/mol. The van der Waals surface area contributed by atoms with E-state index in [1.54, 1.807) is 23.4 Å². The summed E-state index contributed by atoms with van der Waals surface area (Å²) in [7, 11) is 0. The smallest absolute Gasteiger partial charge is 0.321 e. The molecule has 42 heavy (non-hydrogen) atoms. The number of nitrogens with zero attached hydrogens (tertiary/aromatic N) is 6. The molecule has 3 aliphatic rings. The third-order valence-electron chi connectivity index (χ3n) is 7.93. The number of anilines is 3. The Morgan fingerprint density at radius 3 is 2.69 bits per heavy atom. The fraction of sp³-hybridized carbons (Fsp3) is 0.419. The minimum Gasteiger partial charge on any atom is -0.378 e. The van der Waals surface area contributed by atoms with Crippen LogP contribution in [-0.4, -0.2) is 75.7 Å². The van der Waals surface area contributed by atoms with Crippen molar-refractivity contribution in [3.8, 4) is 0 Å². The number of benzene rings is 1. The minimum absolute atomic E-state index is 0.0382. The second-order valence-corrected chi connectivity index (χ2v) is 11.1. The van der Waals surface area contributed by atoms with Gasteiger partial charge >= 0.3 is 6.03 Å². The normalized spacial score (nSPS) is 16.5. The lowest BCUT2D eigenvalue weighted by Crippen LogP contribution is -2.40. The van der Waals surface area contributed by atoms with Gasteiger partial charge in [-0.3, -0.25) is 4.79 Å². The maximum Gasteiger partial charge on any atom is 0.321 e. The molecule has 6 rings (SSSR count). The van der Waals surface area contributed by atoms with E-state index in [1.165, 1.54) is 12.8 Å². The van der Waals surface area contributed by atoms with Crippen molar-refractivity contribution < 1.29 is 14.3 Å². The van der Waals surface area contributed by atoms with Gasteiger partial charge in [0.1, 0.15) is 12.5 Å². The number of ether oxygens (including phenoxy) is 1. The van der Waals surface area contributed by atoms with Crippen LogP contribution in [0.15, 0.2) is 55.1 Å². The highest BCUT2D eigenvalue weighted by Crippen LogP contribution is 2.33. The van der Waals surface area contributed by atoms with Gasteiger partial charge in [0.15, 0.2) is 5.82 Å². The van der Waals surface area contributed by atoms with Gasteiger partial charge in [0, 0.05) is 62.3 Å². The lowest BCUT2D eigenvalue weighted by Gasteiger charge is -2.30. The molecular formula is C31H38N8O3. The number of nitrogens with one attached hydrogen (secondary N) is 2. The summed E-state index contributed by atoms with van der Waals surface area (Å²) in [4.78, 5) is 40.9. The molecule has 2 fully saturated rings. The van der Waals surface area contributed by atoms with E-state index in [2.05, 4.69) is 43.1 Å². The Kier molecular flexibility index (Phi) is 8.09. The van der Waals surface area contributed by atoms with Crippen LogP contribution in [0.3, 0.4) is 0 Å². The standard InChI is InChI=1S/C31H38N8O3/c1-3-12-37(19-23-7-8-23)31(41)35-25-5-4-6-27(22(25)2)39-20-26(29-32-11-13-38(29)21-39)34-28-10-9-24(18-33-28)30(40)36-14-16-42-17-15-36/h4-6,9-11,13,18,20,23H,3,7-8,12,14-17,19,21H2,1-2H3,(H,33,34)(H,35,41). The van der Waals surface area contributed by atoms with E-state index in [0.717, 1.165) is 48.0 Å². The summed E-state index contributed by atoms with van der Waals surface area (Å²) in [5.41, 5.74) is 4.09. The Bertz CT molecular complexity index is 1460. The molecule has 3 amide bonds. The molecule has 11 heteroatoms.